The van der Waals surface area contributed by atoms with Gasteiger partial charge in [-0.3, -0.25) is 4.79 Å². The van der Waals surface area contributed by atoms with E-state index in [2.05, 4.69) is 4.98 Å². The van der Waals surface area contributed by atoms with Gasteiger partial charge < -0.3 is 0 Å². The predicted octanol–water partition coefficient (Wildman–Crippen LogP) is 3.93. The molecule has 0 fully saturated rings. The molecule has 0 saturated heterocycles. The van der Waals surface area contributed by atoms with E-state index in [9.17, 15) is 4.79 Å². The molecule has 2 nitrogen and oxygen atoms in total. The van der Waals surface area contributed by atoms with Gasteiger partial charge in [0, 0.05) is 0 Å². The van der Waals surface area contributed by atoms with E-state index < -0.39 is 5.24 Å². The molecule has 0 aliphatic heterocycles. The fraction of sp³-hybridized carbons (Fsp3) is 0.0909. The monoisotopic (exact) mass is 271 g/mol. The van der Waals surface area contributed by atoms with Gasteiger partial charge in [-0.15, -0.1) is 22.9 Å². The molecule has 0 bridgehead atoms. The molecule has 2 aromatic rings. The van der Waals surface area contributed by atoms with Crippen molar-refractivity contribution in [1.82, 2.24) is 4.98 Å². The van der Waals surface area contributed by atoms with Crippen LogP contribution >= 0.6 is 34.5 Å². The van der Waals surface area contributed by atoms with Crippen LogP contribution in [0.2, 0.25) is 0 Å². The number of rotatable bonds is 3. The van der Waals surface area contributed by atoms with Gasteiger partial charge in [0.2, 0.25) is 0 Å². The van der Waals surface area contributed by atoms with Crippen LogP contribution in [0.25, 0.3) is 10.6 Å². The van der Waals surface area contributed by atoms with E-state index in [0.29, 0.717) is 11.3 Å². The fourth-order valence-electron chi connectivity index (χ4n) is 1.34. The first kappa shape index (κ1) is 11.6. The molecule has 5 heteroatoms. The molecule has 2 heterocycles. The minimum atomic E-state index is -0.527. The number of hydrogen-bond acceptors (Lipinski definition) is 3. The number of pyridine rings is 1. The number of halogens is 2. The summed E-state index contributed by atoms with van der Waals surface area (Å²) in [7, 11) is 0. The minimum Gasteiger partial charge on any atom is -0.276 e. The molecule has 0 amide bonds. The second-order valence-electron chi connectivity index (χ2n) is 3.08. The van der Waals surface area contributed by atoms with E-state index >= 15 is 0 Å². The second kappa shape index (κ2) is 4.95. The maximum atomic E-state index is 11.1. The van der Waals surface area contributed by atoms with Crippen molar-refractivity contribution in [2.75, 3.05) is 0 Å². The van der Waals surface area contributed by atoms with E-state index in [1.54, 1.807) is 23.5 Å². The average molecular weight is 272 g/mol. The average Bonchev–Trinajstić information content (AvgIpc) is 2.81. The summed E-state index contributed by atoms with van der Waals surface area (Å²) in [6.45, 7) is 0. The summed E-state index contributed by atoms with van der Waals surface area (Å²) in [6.07, 6.45) is 0. The topological polar surface area (TPSA) is 30.0 Å². The van der Waals surface area contributed by atoms with Crippen molar-refractivity contribution >= 4 is 39.8 Å². The van der Waals surface area contributed by atoms with Crippen LogP contribution < -0.4 is 0 Å². The maximum Gasteiger partial charge on any atom is 0.254 e. The molecule has 0 aromatic carbocycles. The van der Waals surface area contributed by atoms with Crippen molar-refractivity contribution in [3.05, 3.63) is 40.9 Å². The van der Waals surface area contributed by atoms with E-state index in [-0.39, 0.29) is 5.88 Å². The highest BCUT2D eigenvalue weighted by Crippen LogP contribution is 2.24. The highest BCUT2D eigenvalue weighted by Gasteiger charge is 2.11. The van der Waals surface area contributed by atoms with Gasteiger partial charge in [0.05, 0.1) is 27.7 Å². The Morgan fingerprint density at radius 3 is 2.75 bits per heavy atom. The summed E-state index contributed by atoms with van der Waals surface area (Å²) in [4.78, 5) is 16.5. The first-order valence-corrected chi connectivity index (χ1v) is 6.31. The van der Waals surface area contributed by atoms with E-state index in [0.717, 1.165) is 10.6 Å². The Kier molecular flexibility index (Phi) is 3.59. The fourth-order valence-corrected chi connectivity index (χ4v) is 2.41. The van der Waals surface area contributed by atoms with Gasteiger partial charge in [-0.25, -0.2) is 4.98 Å². The highest BCUT2D eigenvalue weighted by atomic mass is 35.5. The number of aromatic nitrogens is 1. The summed E-state index contributed by atoms with van der Waals surface area (Å²) in [5.74, 6) is 0.174. The SMILES string of the molecule is O=C(Cl)c1ccc(-c2cccs2)nc1CCl. The van der Waals surface area contributed by atoms with Crippen LogP contribution in [0.5, 0.6) is 0 Å². The molecule has 16 heavy (non-hydrogen) atoms. The maximum absolute atomic E-state index is 11.1. The van der Waals surface area contributed by atoms with Crippen molar-refractivity contribution < 1.29 is 4.79 Å². The van der Waals surface area contributed by atoms with Gasteiger partial charge in [-0.1, -0.05) is 6.07 Å². The van der Waals surface area contributed by atoms with Crippen molar-refractivity contribution in [2.24, 2.45) is 0 Å². The third-order valence-electron chi connectivity index (χ3n) is 2.09. The van der Waals surface area contributed by atoms with Crippen LogP contribution in [0, 0.1) is 0 Å². The van der Waals surface area contributed by atoms with Gasteiger partial charge >= 0.3 is 0 Å². The zero-order valence-corrected chi connectivity index (χ0v) is 10.4. The molecule has 0 radical (unpaired) electrons. The zero-order valence-electron chi connectivity index (χ0n) is 8.11. The normalized spacial score (nSPS) is 10.4. The molecular formula is C11H7Cl2NOS. The Balaban J connectivity index is 2.49. The number of nitrogens with zero attached hydrogens (tertiary/aromatic N) is 1. The quantitative estimate of drug-likeness (QED) is 0.626. The Hall–Kier alpha value is -0.900. The first-order valence-electron chi connectivity index (χ1n) is 4.52. The molecule has 0 spiro atoms. The lowest BCUT2D eigenvalue weighted by atomic mass is 10.2. The van der Waals surface area contributed by atoms with Crippen LogP contribution in [-0.2, 0) is 5.88 Å². The largest absolute Gasteiger partial charge is 0.276 e. The molecule has 0 unspecified atom stereocenters. The number of carbonyl (C=O) groups excluding carboxylic acids is 1. The lowest BCUT2D eigenvalue weighted by Crippen LogP contribution is -1.99. The summed E-state index contributed by atoms with van der Waals surface area (Å²) < 4.78 is 0. The molecule has 0 saturated carbocycles. The van der Waals surface area contributed by atoms with Crippen LogP contribution in [-0.4, -0.2) is 10.2 Å². The molecule has 0 aliphatic rings. The number of thiophene rings is 1. The zero-order chi connectivity index (χ0) is 11.5. The summed E-state index contributed by atoms with van der Waals surface area (Å²) >= 11 is 12.8. The van der Waals surface area contributed by atoms with Gasteiger partial charge in [-0.2, -0.15) is 0 Å². The van der Waals surface area contributed by atoms with Gasteiger partial charge in [0.1, 0.15) is 0 Å². The smallest absolute Gasteiger partial charge is 0.254 e. The molecule has 82 valence electrons. The standard InChI is InChI=1S/C11H7Cl2NOS/c12-6-9-7(11(13)15)3-4-8(14-9)10-2-1-5-16-10/h1-5H,6H2. The number of alkyl halides is 1. The van der Waals surface area contributed by atoms with Crippen LogP contribution in [0.3, 0.4) is 0 Å². The van der Waals surface area contributed by atoms with E-state index in [1.165, 1.54) is 0 Å². The number of hydrogen-bond donors (Lipinski definition) is 0. The van der Waals surface area contributed by atoms with Gasteiger partial charge in [-0.05, 0) is 35.2 Å². The van der Waals surface area contributed by atoms with Crippen molar-refractivity contribution in [3.63, 3.8) is 0 Å². The minimum absolute atomic E-state index is 0.174. The predicted molar refractivity (Wildman–Crippen MR) is 67.3 cm³/mol. The Bertz CT molecular complexity index is 511. The Morgan fingerprint density at radius 1 is 1.38 bits per heavy atom. The van der Waals surface area contributed by atoms with Crippen molar-refractivity contribution in [3.8, 4) is 10.6 Å². The molecule has 0 atom stereocenters. The Morgan fingerprint density at radius 2 is 2.19 bits per heavy atom. The second-order valence-corrected chi connectivity index (χ2v) is 4.63. The molecule has 0 aliphatic carbocycles. The number of carbonyl (C=O) groups is 1. The van der Waals surface area contributed by atoms with Crippen LogP contribution in [0.15, 0.2) is 29.6 Å². The summed E-state index contributed by atoms with van der Waals surface area (Å²) in [6, 6.07) is 7.35. The third-order valence-corrected chi connectivity index (χ3v) is 3.44. The molecular weight excluding hydrogens is 265 g/mol. The van der Waals surface area contributed by atoms with E-state index in [4.69, 9.17) is 23.2 Å². The summed E-state index contributed by atoms with van der Waals surface area (Å²) in [5, 5.41) is 1.44. The Labute approximate surface area is 107 Å². The summed E-state index contributed by atoms with van der Waals surface area (Å²) in [5.41, 5.74) is 1.71. The third kappa shape index (κ3) is 2.26. The lowest BCUT2D eigenvalue weighted by molar-refractivity contribution is 0.108. The van der Waals surface area contributed by atoms with Gasteiger partial charge in [0.15, 0.2) is 0 Å². The van der Waals surface area contributed by atoms with E-state index in [1.807, 2.05) is 17.5 Å². The highest BCUT2D eigenvalue weighted by molar-refractivity contribution is 7.13. The molecule has 2 aromatic heterocycles. The van der Waals surface area contributed by atoms with Gasteiger partial charge in [0.25, 0.3) is 5.24 Å². The molecule has 0 N–H and O–H groups in total. The first-order chi connectivity index (χ1) is 7.72. The lowest BCUT2D eigenvalue weighted by Gasteiger charge is -2.04. The van der Waals surface area contributed by atoms with Crippen LogP contribution in [0.1, 0.15) is 16.1 Å². The molecule has 2 rings (SSSR count). The van der Waals surface area contributed by atoms with Crippen LogP contribution in [0.4, 0.5) is 0 Å². The van der Waals surface area contributed by atoms with Crippen molar-refractivity contribution in [1.29, 1.82) is 0 Å². The van der Waals surface area contributed by atoms with Crippen molar-refractivity contribution in [2.45, 2.75) is 5.88 Å².